The van der Waals surface area contributed by atoms with Gasteiger partial charge in [0.15, 0.2) is 0 Å². The fourth-order valence-electron chi connectivity index (χ4n) is 4.08. The quantitative estimate of drug-likeness (QED) is 0.822. The van der Waals surface area contributed by atoms with E-state index in [2.05, 4.69) is 0 Å². The minimum Gasteiger partial charge on any atom is -0.207 e. The molecule has 1 saturated heterocycles. The van der Waals surface area contributed by atoms with Crippen molar-refractivity contribution in [2.75, 3.05) is 6.54 Å². The Labute approximate surface area is 148 Å². The highest BCUT2D eigenvalue weighted by atomic mass is 32.2. The van der Waals surface area contributed by atoms with Crippen LogP contribution < -0.4 is 0 Å². The van der Waals surface area contributed by atoms with E-state index in [-0.39, 0.29) is 11.9 Å². The van der Waals surface area contributed by atoms with Gasteiger partial charge in [-0.1, -0.05) is 18.2 Å². The van der Waals surface area contributed by atoms with E-state index in [0.717, 1.165) is 43.2 Å². The SMILES string of the molecule is O=S(=O)(c1ccc2c(c1)CCCC2)N1CCC[C@H]1c1cccc(F)c1. The van der Waals surface area contributed by atoms with E-state index in [0.29, 0.717) is 11.4 Å². The molecule has 0 radical (unpaired) electrons. The molecule has 1 fully saturated rings. The van der Waals surface area contributed by atoms with E-state index in [1.54, 1.807) is 16.4 Å². The lowest BCUT2D eigenvalue weighted by Crippen LogP contribution is -2.31. The Balaban J connectivity index is 1.69. The minimum atomic E-state index is -3.57. The number of sulfonamides is 1. The van der Waals surface area contributed by atoms with Gasteiger partial charge in [-0.15, -0.1) is 0 Å². The van der Waals surface area contributed by atoms with E-state index in [9.17, 15) is 12.8 Å². The van der Waals surface area contributed by atoms with Gasteiger partial charge in [-0.2, -0.15) is 4.31 Å². The Hall–Kier alpha value is -1.72. The number of hydrogen-bond donors (Lipinski definition) is 0. The number of halogens is 1. The van der Waals surface area contributed by atoms with Crippen molar-refractivity contribution in [2.45, 2.75) is 49.5 Å². The molecule has 0 spiro atoms. The second-order valence-corrected chi connectivity index (χ2v) is 8.86. The molecular formula is C20H22FNO2S. The molecule has 2 aromatic rings. The summed E-state index contributed by atoms with van der Waals surface area (Å²) in [6, 6.07) is 11.6. The molecule has 25 heavy (non-hydrogen) atoms. The molecule has 3 nitrogen and oxygen atoms in total. The van der Waals surface area contributed by atoms with E-state index in [1.807, 2.05) is 18.2 Å². The third-order valence-corrected chi connectivity index (χ3v) is 7.27. The summed E-state index contributed by atoms with van der Waals surface area (Å²) in [6.45, 7) is 0.487. The maximum absolute atomic E-state index is 13.6. The lowest BCUT2D eigenvalue weighted by Gasteiger charge is -2.25. The normalized spacial score (nSPS) is 21.2. The van der Waals surface area contributed by atoms with Crippen LogP contribution in [0.5, 0.6) is 0 Å². The fraction of sp³-hybridized carbons (Fsp3) is 0.400. The molecule has 2 aromatic carbocycles. The molecule has 4 rings (SSSR count). The third kappa shape index (κ3) is 3.11. The van der Waals surface area contributed by atoms with Crippen molar-refractivity contribution in [3.8, 4) is 0 Å². The minimum absolute atomic E-state index is 0.281. The molecule has 5 heteroatoms. The summed E-state index contributed by atoms with van der Waals surface area (Å²) >= 11 is 0. The van der Waals surface area contributed by atoms with Gasteiger partial charge >= 0.3 is 0 Å². The van der Waals surface area contributed by atoms with Crippen LogP contribution in [0.3, 0.4) is 0 Å². The van der Waals surface area contributed by atoms with Crippen LogP contribution in [0.4, 0.5) is 4.39 Å². The highest BCUT2D eigenvalue weighted by Crippen LogP contribution is 2.37. The zero-order valence-corrected chi connectivity index (χ0v) is 14.9. The fourth-order valence-corrected chi connectivity index (χ4v) is 5.81. The Bertz CT molecular complexity index is 894. The van der Waals surface area contributed by atoms with Gasteiger partial charge in [0.25, 0.3) is 0 Å². The Morgan fingerprint density at radius 1 is 0.960 bits per heavy atom. The predicted octanol–water partition coefficient (Wildman–Crippen LogP) is 4.23. The molecule has 2 aliphatic rings. The van der Waals surface area contributed by atoms with Crippen LogP contribution >= 0.6 is 0 Å². The monoisotopic (exact) mass is 359 g/mol. The van der Waals surface area contributed by atoms with Crippen molar-refractivity contribution in [1.29, 1.82) is 0 Å². The molecule has 0 unspecified atom stereocenters. The van der Waals surface area contributed by atoms with Crippen molar-refractivity contribution >= 4 is 10.0 Å². The standard InChI is InChI=1S/C20H22FNO2S/c21-18-8-3-7-17(13-18)20-9-4-12-22(20)25(23,24)19-11-10-15-5-1-2-6-16(15)14-19/h3,7-8,10-11,13-14,20H,1-2,4-6,9,12H2/t20-/m0/s1. The molecule has 132 valence electrons. The van der Waals surface area contributed by atoms with Gasteiger partial charge < -0.3 is 0 Å². The summed E-state index contributed by atoms with van der Waals surface area (Å²) in [5.41, 5.74) is 3.17. The van der Waals surface area contributed by atoms with Crippen molar-refractivity contribution in [3.05, 3.63) is 65.0 Å². The Kier molecular flexibility index (Phi) is 4.38. The van der Waals surface area contributed by atoms with Gasteiger partial charge in [0.2, 0.25) is 10.0 Å². The van der Waals surface area contributed by atoms with Crippen LogP contribution in [0.1, 0.15) is 48.4 Å². The van der Waals surface area contributed by atoms with E-state index >= 15 is 0 Å². The number of aryl methyl sites for hydroxylation is 2. The average Bonchev–Trinajstić information content (AvgIpc) is 3.12. The van der Waals surface area contributed by atoms with Gasteiger partial charge in [0.05, 0.1) is 10.9 Å². The largest absolute Gasteiger partial charge is 0.243 e. The number of rotatable bonds is 3. The van der Waals surface area contributed by atoms with Crippen LogP contribution in [0, 0.1) is 5.82 Å². The molecule has 0 aromatic heterocycles. The molecule has 0 amide bonds. The number of fused-ring (bicyclic) bond motifs is 1. The van der Waals surface area contributed by atoms with Gasteiger partial charge in [0, 0.05) is 6.54 Å². The van der Waals surface area contributed by atoms with Crippen molar-refractivity contribution in [1.82, 2.24) is 4.31 Å². The lowest BCUT2D eigenvalue weighted by molar-refractivity contribution is 0.395. The van der Waals surface area contributed by atoms with Gasteiger partial charge in [0.1, 0.15) is 5.82 Å². The maximum Gasteiger partial charge on any atom is 0.243 e. The van der Waals surface area contributed by atoms with Crippen LogP contribution in [-0.4, -0.2) is 19.3 Å². The maximum atomic E-state index is 13.6. The number of hydrogen-bond acceptors (Lipinski definition) is 2. The van der Waals surface area contributed by atoms with Gasteiger partial charge in [-0.3, -0.25) is 0 Å². The first-order valence-corrected chi connectivity index (χ1v) is 10.4. The van der Waals surface area contributed by atoms with Gasteiger partial charge in [-0.25, -0.2) is 12.8 Å². The molecule has 1 atom stereocenters. The van der Waals surface area contributed by atoms with Crippen molar-refractivity contribution in [3.63, 3.8) is 0 Å². The first kappa shape index (κ1) is 16.7. The van der Waals surface area contributed by atoms with Crippen molar-refractivity contribution < 1.29 is 12.8 Å². The van der Waals surface area contributed by atoms with Gasteiger partial charge in [-0.05, 0) is 79.5 Å². The molecule has 0 N–H and O–H groups in total. The molecule has 1 aliphatic carbocycles. The molecule has 1 heterocycles. The second kappa shape index (κ2) is 6.54. The number of nitrogens with zero attached hydrogens (tertiary/aromatic N) is 1. The molecule has 1 aliphatic heterocycles. The van der Waals surface area contributed by atoms with Crippen LogP contribution in [0.2, 0.25) is 0 Å². The molecule has 0 bridgehead atoms. The lowest BCUT2D eigenvalue weighted by atomic mass is 9.92. The van der Waals surface area contributed by atoms with E-state index in [4.69, 9.17) is 0 Å². The summed E-state index contributed by atoms with van der Waals surface area (Å²) in [5.74, 6) is -0.324. The average molecular weight is 359 g/mol. The summed E-state index contributed by atoms with van der Waals surface area (Å²) in [5, 5.41) is 0. The summed E-state index contributed by atoms with van der Waals surface area (Å²) in [7, 11) is -3.57. The van der Waals surface area contributed by atoms with Crippen LogP contribution in [0.25, 0.3) is 0 Å². The summed E-state index contributed by atoms with van der Waals surface area (Å²) in [4.78, 5) is 0.372. The zero-order chi connectivity index (χ0) is 17.4. The Morgan fingerprint density at radius 3 is 2.56 bits per heavy atom. The number of benzene rings is 2. The first-order chi connectivity index (χ1) is 12.1. The highest BCUT2D eigenvalue weighted by molar-refractivity contribution is 7.89. The van der Waals surface area contributed by atoms with E-state index in [1.165, 1.54) is 24.1 Å². The topological polar surface area (TPSA) is 37.4 Å². The summed E-state index contributed by atoms with van der Waals surface area (Å²) in [6.07, 6.45) is 5.80. The van der Waals surface area contributed by atoms with Crippen LogP contribution in [-0.2, 0) is 22.9 Å². The van der Waals surface area contributed by atoms with E-state index < -0.39 is 10.0 Å². The summed E-state index contributed by atoms with van der Waals surface area (Å²) < 4.78 is 41.6. The van der Waals surface area contributed by atoms with Crippen molar-refractivity contribution in [2.24, 2.45) is 0 Å². The predicted molar refractivity (Wildman–Crippen MR) is 95.4 cm³/mol. The smallest absolute Gasteiger partial charge is 0.207 e. The Morgan fingerprint density at radius 2 is 1.76 bits per heavy atom. The van der Waals surface area contributed by atoms with Crippen LogP contribution in [0.15, 0.2) is 47.4 Å². The molecule has 0 saturated carbocycles. The third-order valence-electron chi connectivity index (χ3n) is 5.36. The molecular weight excluding hydrogens is 337 g/mol. The highest BCUT2D eigenvalue weighted by Gasteiger charge is 2.36. The first-order valence-electron chi connectivity index (χ1n) is 8.95. The second-order valence-electron chi connectivity index (χ2n) is 6.97. The zero-order valence-electron chi connectivity index (χ0n) is 14.1.